The summed E-state index contributed by atoms with van der Waals surface area (Å²) in [5.41, 5.74) is 3.12. The number of ether oxygens (including phenoxy) is 1. The highest BCUT2D eigenvalue weighted by Crippen LogP contribution is 2.38. The second-order valence-electron chi connectivity index (χ2n) is 7.90. The molecule has 0 atom stereocenters. The Kier molecular flexibility index (Phi) is 5.33. The van der Waals surface area contributed by atoms with Crippen LogP contribution in [0.5, 0.6) is 0 Å². The highest BCUT2D eigenvalue weighted by atomic mass is 16.7. The highest BCUT2D eigenvalue weighted by molar-refractivity contribution is 6.85. The van der Waals surface area contributed by atoms with E-state index in [0.717, 1.165) is 44.0 Å². The van der Waals surface area contributed by atoms with Crippen molar-refractivity contribution in [3.8, 4) is 0 Å². The minimum atomic E-state index is -0.574. The first-order valence-electron chi connectivity index (χ1n) is 9.38. The van der Waals surface area contributed by atoms with Crippen LogP contribution in [0.15, 0.2) is 23.3 Å². The van der Waals surface area contributed by atoms with E-state index in [4.69, 9.17) is 19.9 Å². The topological polar surface area (TPSA) is 69.3 Å². The fourth-order valence-corrected chi connectivity index (χ4v) is 3.34. The summed E-state index contributed by atoms with van der Waals surface area (Å²) in [7, 11) is -0.574. The Morgan fingerprint density at radius 2 is 1.77 bits per heavy atom. The Bertz CT molecular complexity index is 669. The van der Waals surface area contributed by atoms with Crippen molar-refractivity contribution in [3.05, 3.63) is 29.3 Å². The summed E-state index contributed by atoms with van der Waals surface area (Å²) in [4.78, 5) is 2.32. The van der Waals surface area contributed by atoms with E-state index in [1.165, 1.54) is 5.56 Å². The van der Waals surface area contributed by atoms with Crippen LogP contribution in [0.2, 0.25) is 0 Å². The third kappa shape index (κ3) is 3.48. The molecular weight excluding hydrogens is 329 g/mol. The van der Waals surface area contributed by atoms with Crippen molar-refractivity contribution in [1.29, 1.82) is 0 Å². The number of aryl methyl sites for hydroxylation is 1. The Morgan fingerprint density at radius 1 is 1.15 bits per heavy atom. The first kappa shape index (κ1) is 19.2. The molecule has 6 nitrogen and oxygen atoms in total. The molecule has 2 heterocycles. The van der Waals surface area contributed by atoms with Crippen LogP contribution in [-0.2, 0) is 20.5 Å². The third-order valence-electron chi connectivity index (χ3n) is 5.74. The molecule has 0 unspecified atom stereocenters. The number of nitrogens with zero attached hydrogens (tertiary/aromatic N) is 2. The molecule has 0 aliphatic carbocycles. The van der Waals surface area contributed by atoms with Crippen LogP contribution in [0, 0.1) is 0 Å². The molecule has 26 heavy (non-hydrogen) atoms. The fourth-order valence-electron chi connectivity index (χ4n) is 3.34. The van der Waals surface area contributed by atoms with Crippen molar-refractivity contribution in [2.75, 3.05) is 31.2 Å². The lowest BCUT2D eigenvalue weighted by molar-refractivity contribution is 0.00578. The maximum atomic E-state index is 6.19. The predicted molar refractivity (Wildman–Crippen MR) is 106 cm³/mol. The molecular formula is C19H30BN3O3. The number of anilines is 1. The number of hydrogen-bond donors (Lipinski definition) is 1. The van der Waals surface area contributed by atoms with Crippen molar-refractivity contribution < 1.29 is 14.0 Å². The molecule has 0 aromatic heterocycles. The highest BCUT2D eigenvalue weighted by Gasteiger charge is 2.53. The number of rotatable bonds is 4. The predicted octanol–water partition coefficient (Wildman–Crippen LogP) is 2.38. The molecule has 2 fully saturated rings. The molecule has 2 aliphatic rings. The van der Waals surface area contributed by atoms with E-state index in [-0.39, 0.29) is 0 Å². The van der Waals surface area contributed by atoms with E-state index in [1.54, 1.807) is 0 Å². The van der Waals surface area contributed by atoms with Crippen molar-refractivity contribution in [2.24, 2.45) is 10.9 Å². The van der Waals surface area contributed by atoms with Gasteiger partial charge in [-0.15, -0.1) is 0 Å². The number of morpholine rings is 1. The van der Waals surface area contributed by atoms with E-state index in [1.807, 2.05) is 27.7 Å². The van der Waals surface area contributed by atoms with Gasteiger partial charge in [0.1, 0.15) is 0 Å². The van der Waals surface area contributed by atoms with Gasteiger partial charge in [-0.3, -0.25) is 0 Å². The molecule has 7 heteroatoms. The Hall–Kier alpha value is -1.57. The second-order valence-corrected chi connectivity index (χ2v) is 7.90. The molecule has 142 valence electrons. The molecule has 0 saturated carbocycles. The van der Waals surface area contributed by atoms with E-state index in [2.05, 4.69) is 35.1 Å². The minimum absolute atomic E-state index is 0.429. The van der Waals surface area contributed by atoms with Crippen LogP contribution in [0.3, 0.4) is 0 Å². The standard InChI is InChI=1S/C19H30BN3O3/c1-6-14-7-8-15(23-9-11-24-12-10-23)13-16(14)17(22-21)20-25-18(2,3)19(4,5)26-20/h7-8,13H,6,9-12,21H2,1-5H3/b22-17+. The normalized spacial score (nSPS) is 22.7. The summed E-state index contributed by atoms with van der Waals surface area (Å²) in [5.74, 6) is 5.81. The van der Waals surface area contributed by atoms with Gasteiger partial charge in [-0.1, -0.05) is 13.0 Å². The van der Waals surface area contributed by atoms with Gasteiger partial charge in [0.2, 0.25) is 0 Å². The molecule has 2 N–H and O–H groups in total. The fraction of sp³-hybridized carbons (Fsp3) is 0.632. The van der Waals surface area contributed by atoms with Gasteiger partial charge in [0, 0.05) is 18.8 Å². The SMILES string of the molecule is CCc1ccc(N2CCOCC2)cc1/C(=N\N)B1OC(C)(C)C(C)(C)O1. The van der Waals surface area contributed by atoms with Crippen LogP contribution in [0.1, 0.15) is 45.7 Å². The van der Waals surface area contributed by atoms with Crippen LogP contribution >= 0.6 is 0 Å². The van der Waals surface area contributed by atoms with E-state index in [9.17, 15) is 0 Å². The van der Waals surface area contributed by atoms with Crippen LogP contribution < -0.4 is 10.7 Å². The maximum Gasteiger partial charge on any atom is 0.517 e. The second kappa shape index (κ2) is 7.21. The molecule has 0 radical (unpaired) electrons. The lowest BCUT2D eigenvalue weighted by Gasteiger charge is -2.32. The quantitative estimate of drug-likeness (QED) is 0.387. The zero-order chi connectivity index (χ0) is 18.9. The molecule has 0 spiro atoms. The van der Waals surface area contributed by atoms with Crippen LogP contribution in [0.25, 0.3) is 0 Å². The Labute approximate surface area is 156 Å². The third-order valence-corrected chi connectivity index (χ3v) is 5.74. The van der Waals surface area contributed by atoms with Gasteiger partial charge in [-0.2, -0.15) is 5.10 Å². The molecule has 1 aromatic rings. The largest absolute Gasteiger partial charge is 0.517 e. The summed E-state index contributed by atoms with van der Waals surface area (Å²) in [6.45, 7) is 13.5. The maximum absolute atomic E-state index is 6.19. The summed E-state index contributed by atoms with van der Waals surface area (Å²) in [6, 6.07) is 6.46. The van der Waals surface area contributed by atoms with Gasteiger partial charge < -0.3 is 24.8 Å². The van der Waals surface area contributed by atoms with E-state index in [0.29, 0.717) is 5.61 Å². The summed E-state index contributed by atoms with van der Waals surface area (Å²) < 4.78 is 17.8. The van der Waals surface area contributed by atoms with Crippen molar-refractivity contribution in [2.45, 2.75) is 52.2 Å². The number of hydrogen-bond acceptors (Lipinski definition) is 6. The lowest BCUT2D eigenvalue weighted by Crippen LogP contribution is -2.41. The molecule has 1 aromatic carbocycles. The molecule has 2 aliphatic heterocycles. The Balaban J connectivity index is 1.95. The van der Waals surface area contributed by atoms with Crippen LogP contribution in [-0.4, -0.2) is 50.2 Å². The number of hydrazone groups is 1. The Morgan fingerprint density at radius 3 is 2.31 bits per heavy atom. The van der Waals surface area contributed by atoms with Gasteiger partial charge in [-0.05, 0) is 57.4 Å². The first-order chi connectivity index (χ1) is 12.3. The molecule has 0 amide bonds. The van der Waals surface area contributed by atoms with Gasteiger partial charge in [-0.25, -0.2) is 0 Å². The average molecular weight is 359 g/mol. The summed E-state index contributed by atoms with van der Waals surface area (Å²) in [5, 5.41) is 4.09. The number of benzene rings is 1. The molecule has 2 saturated heterocycles. The average Bonchev–Trinajstić information content (AvgIpc) is 2.83. The van der Waals surface area contributed by atoms with E-state index >= 15 is 0 Å². The zero-order valence-corrected chi connectivity index (χ0v) is 16.5. The number of nitrogens with two attached hydrogens (primary N) is 1. The van der Waals surface area contributed by atoms with Gasteiger partial charge in [0.15, 0.2) is 0 Å². The van der Waals surface area contributed by atoms with Crippen molar-refractivity contribution in [1.82, 2.24) is 0 Å². The smallest absolute Gasteiger partial charge is 0.398 e. The summed E-state index contributed by atoms with van der Waals surface area (Å²) in [6.07, 6.45) is 0.886. The van der Waals surface area contributed by atoms with E-state index < -0.39 is 18.3 Å². The minimum Gasteiger partial charge on any atom is -0.398 e. The lowest BCUT2D eigenvalue weighted by atomic mass is 9.76. The van der Waals surface area contributed by atoms with Crippen molar-refractivity contribution >= 4 is 18.4 Å². The van der Waals surface area contributed by atoms with Crippen LogP contribution in [0.4, 0.5) is 5.69 Å². The first-order valence-corrected chi connectivity index (χ1v) is 9.38. The van der Waals surface area contributed by atoms with Crippen molar-refractivity contribution in [3.63, 3.8) is 0 Å². The molecule has 3 rings (SSSR count). The zero-order valence-electron chi connectivity index (χ0n) is 16.5. The summed E-state index contributed by atoms with van der Waals surface area (Å²) >= 11 is 0. The van der Waals surface area contributed by atoms with Gasteiger partial charge in [0.25, 0.3) is 0 Å². The van der Waals surface area contributed by atoms with Gasteiger partial charge in [0.05, 0.1) is 30.0 Å². The monoisotopic (exact) mass is 359 g/mol. The van der Waals surface area contributed by atoms with Gasteiger partial charge >= 0.3 is 7.12 Å². The molecule has 0 bridgehead atoms.